The fraction of sp³-hybridized carbons (Fsp3) is 0.556. The van der Waals surface area contributed by atoms with Crippen LogP contribution in [0.5, 0.6) is 0 Å². The molecule has 3 N–H and O–H groups in total. The second-order valence-corrected chi connectivity index (χ2v) is 7.44. The molecule has 0 aromatic heterocycles. The predicted octanol–water partition coefficient (Wildman–Crippen LogP) is 3.00. The number of amides is 2. The summed E-state index contributed by atoms with van der Waals surface area (Å²) in [6.45, 7) is 1.40. The van der Waals surface area contributed by atoms with Crippen molar-refractivity contribution in [3.63, 3.8) is 0 Å². The van der Waals surface area contributed by atoms with Gasteiger partial charge in [-0.25, -0.2) is 9.18 Å². The second-order valence-electron chi connectivity index (χ2n) is 7.03. The molecule has 26 heavy (non-hydrogen) atoms. The number of carbonyl (C=O) groups excluding carboxylic acids is 1. The summed E-state index contributed by atoms with van der Waals surface area (Å²) in [5.74, 6) is -1.48. The van der Waals surface area contributed by atoms with E-state index < -0.39 is 11.8 Å². The molecule has 0 bridgehead atoms. The topological polar surface area (TPSA) is 81.7 Å². The number of carboxylic acid groups (broad SMARTS) is 1. The molecule has 6 nitrogen and oxygen atoms in total. The fourth-order valence-corrected chi connectivity index (χ4v) is 3.87. The van der Waals surface area contributed by atoms with Crippen molar-refractivity contribution >= 4 is 29.3 Å². The van der Waals surface area contributed by atoms with E-state index in [9.17, 15) is 14.0 Å². The minimum Gasteiger partial charge on any atom is -0.481 e. The number of nitrogens with one attached hydrogen (secondary N) is 2. The number of hydrogen-bond donors (Lipinski definition) is 3. The molecule has 1 atom stereocenters. The van der Waals surface area contributed by atoms with Gasteiger partial charge in [-0.15, -0.1) is 0 Å². The largest absolute Gasteiger partial charge is 0.481 e. The summed E-state index contributed by atoms with van der Waals surface area (Å²) in [7, 11) is 0. The van der Waals surface area contributed by atoms with Crippen LogP contribution >= 0.6 is 11.6 Å². The molecule has 2 amide bonds. The third-order valence-electron chi connectivity index (χ3n) is 5.20. The van der Waals surface area contributed by atoms with E-state index in [4.69, 9.17) is 16.7 Å². The average molecular weight is 384 g/mol. The molecule has 1 saturated heterocycles. The summed E-state index contributed by atoms with van der Waals surface area (Å²) < 4.78 is 13.3. The van der Waals surface area contributed by atoms with Crippen LogP contribution in [0.25, 0.3) is 0 Å². The molecule has 3 rings (SSSR count). The van der Waals surface area contributed by atoms with Crippen LogP contribution in [0.4, 0.5) is 14.9 Å². The lowest BCUT2D eigenvalue weighted by Crippen LogP contribution is -2.48. The van der Waals surface area contributed by atoms with Gasteiger partial charge >= 0.3 is 12.0 Å². The summed E-state index contributed by atoms with van der Waals surface area (Å²) in [5, 5.41) is 15.0. The van der Waals surface area contributed by atoms with Crippen LogP contribution in [0.1, 0.15) is 32.1 Å². The number of benzene rings is 1. The smallest absolute Gasteiger partial charge is 0.315 e. The third-order valence-corrected chi connectivity index (χ3v) is 5.49. The van der Waals surface area contributed by atoms with Gasteiger partial charge in [0.05, 0.1) is 10.9 Å². The first-order valence-corrected chi connectivity index (χ1v) is 9.30. The number of carbonyl (C=O) groups is 2. The fourth-order valence-electron chi connectivity index (χ4n) is 3.69. The first-order chi connectivity index (χ1) is 12.4. The lowest BCUT2D eigenvalue weighted by molar-refractivity contribution is -0.142. The zero-order valence-electron chi connectivity index (χ0n) is 14.4. The molecule has 2 aliphatic rings. The molecular formula is C18H23ClFN3O3. The van der Waals surface area contributed by atoms with Crippen LogP contribution in [0.15, 0.2) is 18.2 Å². The predicted molar refractivity (Wildman–Crippen MR) is 97.1 cm³/mol. The molecular weight excluding hydrogens is 361 g/mol. The quantitative estimate of drug-likeness (QED) is 0.746. The Morgan fingerprint density at radius 1 is 1.12 bits per heavy atom. The zero-order valence-corrected chi connectivity index (χ0v) is 15.1. The number of hydrogen-bond acceptors (Lipinski definition) is 3. The van der Waals surface area contributed by atoms with Gasteiger partial charge in [0.25, 0.3) is 0 Å². The first-order valence-electron chi connectivity index (χ1n) is 8.92. The van der Waals surface area contributed by atoms with E-state index >= 15 is 0 Å². The van der Waals surface area contributed by atoms with E-state index in [1.807, 2.05) is 0 Å². The van der Waals surface area contributed by atoms with E-state index in [0.717, 1.165) is 18.7 Å². The minimum atomic E-state index is -0.750. The van der Waals surface area contributed by atoms with Gasteiger partial charge in [-0.1, -0.05) is 11.6 Å². The van der Waals surface area contributed by atoms with Gasteiger partial charge in [-0.2, -0.15) is 0 Å². The maximum atomic E-state index is 13.3. The van der Waals surface area contributed by atoms with E-state index in [1.165, 1.54) is 6.07 Å². The van der Waals surface area contributed by atoms with Crippen LogP contribution in [0, 0.1) is 11.7 Å². The van der Waals surface area contributed by atoms with Gasteiger partial charge in [0.2, 0.25) is 0 Å². The van der Waals surface area contributed by atoms with Crippen molar-refractivity contribution in [3.05, 3.63) is 29.0 Å². The standard InChI is InChI=1S/C18H23ClFN3O3/c19-15-9-14(5-6-16(15)20)23-8-7-13(10-23)22-18(26)21-12-3-1-11(2-4-12)17(24)25/h5-6,9,11-13H,1-4,7-8,10H2,(H,24,25)(H2,21,22,26). The lowest BCUT2D eigenvalue weighted by atomic mass is 9.86. The highest BCUT2D eigenvalue weighted by Crippen LogP contribution is 2.26. The summed E-state index contributed by atoms with van der Waals surface area (Å²) in [5.41, 5.74) is 0.841. The van der Waals surface area contributed by atoms with Gasteiger partial charge in [-0.3, -0.25) is 4.79 Å². The number of anilines is 1. The van der Waals surface area contributed by atoms with Crippen molar-refractivity contribution in [2.24, 2.45) is 5.92 Å². The minimum absolute atomic E-state index is 0.00851. The normalized spacial score (nSPS) is 25.8. The lowest BCUT2D eigenvalue weighted by Gasteiger charge is -2.27. The number of halogens is 2. The Bertz CT molecular complexity index is 680. The molecule has 142 valence electrons. The Morgan fingerprint density at radius 2 is 1.81 bits per heavy atom. The molecule has 1 heterocycles. The van der Waals surface area contributed by atoms with Gasteiger partial charge in [0, 0.05) is 30.9 Å². The van der Waals surface area contributed by atoms with Crippen LogP contribution in [-0.4, -0.2) is 42.3 Å². The summed E-state index contributed by atoms with van der Waals surface area (Å²) in [6, 6.07) is 4.45. The van der Waals surface area contributed by atoms with Crippen molar-refractivity contribution in [1.82, 2.24) is 10.6 Å². The molecule has 2 fully saturated rings. The molecule has 1 aromatic carbocycles. The highest BCUT2D eigenvalue weighted by Gasteiger charge is 2.28. The molecule has 1 aliphatic carbocycles. The molecule has 8 heteroatoms. The number of rotatable bonds is 4. The third kappa shape index (κ3) is 4.58. The zero-order chi connectivity index (χ0) is 18.7. The maximum Gasteiger partial charge on any atom is 0.315 e. The van der Waals surface area contributed by atoms with Gasteiger partial charge < -0.3 is 20.6 Å². The van der Waals surface area contributed by atoms with E-state index in [0.29, 0.717) is 32.2 Å². The Hall–Kier alpha value is -2.02. The second kappa shape index (κ2) is 8.12. The van der Waals surface area contributed by atoms with Crippen molar-refractivity contribution in [2.45, 2.75) is 44.2 Å². The Kier molecular flexibility index (Phi) is 5.86. The van der Waals surface area contributed by atoms with Crippen LogP contribution < -0.4 is 15.5 Å². The Balaban J connectivity index is 1.44. The number of carboxylic acids is 1. The highest BCUT2D eigenvalue weighted by molar-refractivity contribution is 6.31. The SMILES string of the molecule is O=C(NC1CCC(C(=O)O)CC1)NC1CCN(c2ccc(F)c(Cl)c2)C1. The molecule has 0 spiro atoms. The van der Waals surface area contributed by atoms with Crippen molar-refractivity contribution in [2.75, 3.05) is 18.0 Å². The number of nitrogens with zero attached hydrogens (tertiary/aromatic N) is 1. The number of aliphatic carboxylic acids is 1. The average Bonchev–Trinajstić information content (AvgIpc) is 3.06. The summed E-state index contributed by atoms with van der Waals surface area (Å²) in [4.78, 5) is 25.2. The van der Waals surface area contributed by atoms with Crippen LogP contribution in [-0.2, 0) is 4.79 Å². The van der Waals surface area contributed by atoms with Crippen molar-refractivity contribution in [1.29, 1.82) is 0 Å². The summed E-state index contributed by atoms with van der Waals surface area (Å²) >= 11 is 5.83. The highest BCUT2D eigenvalue weighted by atomic mass is 35.5. The van der Waals surface area contributed by atoms with Crippen molar-refractivity contribution in [3.8, 4) is 0 Å². The van der Waals surface area contributed by atoms with Gasteiger partial charge in [-0.05, 0) is 50.3 Å². The molecule has 1 saturated carbocycles. The van der Waals surface area contributed by atoms with E-state index in [-0.39, 0.29) is 29.1 Å². The molecule has 1 aromatic rings. The monoisotopic (exact) mass is 383 g/mol. The van der Waals surface area contributed by atoms with Crippen LogP contribution in [0.2, 0.25) is 5.02 Å². The van der Waals surface area contributed by atoms with Gasteiger partial charge in [0.15, 0.2) is 0 Å². The molecule has 1 unspecified atom stereocenters. The first kappa shape index (κ1) is 18.8. The Labute approximate surface area is 156 Å². The summed E-state index contributed by atoms with van der Waals surface area (Å²) in [6.07, 6.45) is 3.38. The van der Waals surface area contributed by atoms with E-state index in [1.54, 1.807) is 12.1 Å². The van der Waals surface area contributed by atoms with Gasteiger partial charge in [0.1, 0.15) is 5.82 Å². The van der Waals surface area contributed by atoms with Crippen molar-refractivity contribution < 1.29 is 19.1 Å². The van der Waals surface area contributed by atoms with Crippen LogP contribution in [0.3, 0.4) is 0 Å². The molecule has 1 aliphatic heterocycles. The molecule has 0 radical (unpaired) electrons. The maximum absolute atomic E-state index is 13.3. The number of urea groups is 1. The Morgan fingerprint density at radius 3 is 2.46 bits per heavy atom. The van der Waals surface area contributed by atoms with E-state index in [2.05, 4.69) is 15.5 Å².